The lowest BCUT2D eigenvalue weighted by Gasteiger charge is -2.29. The maximum atomic E-state index is 13.3. The first-order valence-corrected chi connectivity index (χ1v) is 9.09. The Morgan fingerprint density at radius 1 is 1.03 bits per heavy atom. The van der Waals surface area contributed by atoms with Gasteiger partial charge in [0.05, 0.1) is 16.2 Å². The molecule has 0 atom stereocenters. The van der Waals surface area contributed by atoms with Gasteiger partial charge in [-0.2, -0.15) is 13.2 Å². The van der Waals surface area contributed by atoms with Gasteiger partial charge in [0, 0.05) is 13.1 Å². The third-order valence-electron chi connectivity index (χ3n) is 4.90. The molecule has 0 saturated heterocycles. The molecule has 10 heteroatoms. The van der Waals surface area contributed by atoms with Crippen molar-refractivity contribution < 1.29 is 18.1 Å². The second kappa shape index (κ2) is 7.62. The summed E-state index contributed by atoms with van der Waals surface area (Å²) in [6, 6.07) is 12.5. The summed E-state index contributed by atoms with van der Waals surface area (Å²) in [4.78, 5) is 20.8. The minimum atomic E-state index is -4.62. The summed E-state index contributed by atoms with van der Waals surface area (Å²) in [7, 11) is 0. The monoisotopic (exact) mass is 415 g/mol. The number of benzene rings is 2. The van der Waals surface area contributed by atoms with Gasteiger partial charge >= 0.3 is 11.9 Å². The Morgan fingerprint density at radius 3 is 2.47 bits per heavy atom. The standard InChI is InChI=1S/C20H16F3N5O2/c21-20(22,23)15-7-3-4-8-16(15)26-18-17(28(29)30)19(25-12-24-18)27-10-9-13-5-1-2-6-14(13)11-27/h1-8,12H,9-11H2,(H,24,25,26). The van der Waals surface area contributed by atoms with E-state index in [1.807, 2.05) is 24.3 Å². The first kappa shape index (κ1) is 19.6. The summed E-state index contributed by atoms with van der Waals surface area (Å²) < 4.78 is 39.9. The van der Waals surface area contributed by atoms with Gasteiger partial charge in [-0.05, 0) is 29.7 Å². The molecule has 30 heavy (non-hydrogen) atoms. The second-order valence-corrected chi connectivity index (χ2v) is 6.76. The number of fused-ring (bicyclic) bond motifs is 1. The Kier molecular flexibility index (Phi) is 4.98. The van der Waals surface area contributed by atoms with Gasteiger partial charge in [-0.15, -0.1) is 0 Å². The van der Waals surface area contributed by atoms with Crippen molar-refractivity contribution in [2.75, 3.05) is 16.8 Å². The fraction of sp³-hybridized carbons (Fsp3) is 0.200. The van der Waals surface area contributed by atoms with Gasteiger partial charge in [-0.1, -0.05) is 36.4 Å². The molecular weight excluding hydrogens is 399 g/mol. The van der Waals surface area contributed by atoms with Crippen molar-refractivity contribution in [3.05, 3.63) is 81.7 Å². The van der Waals surface area contributed by atoms with Gasteiger partial charge in [-0.25, -0.2) is 9.97 Å². The molecule has 7 nitrogen and oxygen atoms in total. The van der Waals surface area contributed by atoms with Crippen LogP contribution in [0.4, 0.5) is 36.2 Å². The Balaban J connectivity index is 1.73. The topological polar surface area (TPSA) is 84.2 Å². The van der Waals surface area contributed by atoms with Gasteiger partial charge in [-0.3, -0.25) is 10.1 Å². The number of nitrogens with zero attached hydrogens (tertiary/aromatic N) is 4. The number of anilines is 3. The molecule has 1 aromatic heterocycles. The van der Waals surface area contributed by atoms with E-state index in [0.29, 0.717) is 19.5 Å². The van der Waals surface area contributed by atoms with Crippen molar-refractivity contribution in [2.24, 2.45) is 0 Å². The number of nitrogens with one attached hydrogen (secondary N) is 1. The summed E-state index contributed by atoms with van der Waals surface area (Å²) in [5, 5.41) is 14.3. The molecule has 0 spiro atoms. The number of alkyl halides is 3. The van der Waals surface area contributed by atoms with E-state index in [4.69, 9.17) is 0 Å². The number of para-hydroxylation sites is 1. The van der Waals surface area contributed by atoms with Crippen LogP contribution in [0.2, 0.25) is 0 Å². The van der Waals surface area contributed by atoms with E-state index < -0.39 is 22.4 Å². The Hall–Kier alpha value is -3.69. The van der Waals surface area contributed by atoms with Crippen LogP contribution in [-0.4, -0.2) is 21.4 Å². The summed E-state index contributed by atoms with van der Waals surface area (Å²) in [5.41, 5.74) is 0.457. The molecule has 4 rings (SSSR count). The van der Waals surface area contributed by atoms with Crippen molar-refractivity contribution in [1.29, 1.82) is 0 Å². The summed E-state index contributed by atoms with van der Waals surface area (Å²) >= 11 is 0. The fourth-order valence-corrected chi connectivity index (χ4v) is 3.50. The molecule has 3 aromatic rings. The molecule has 0 radical (unpaired) electrons. The zero-order valence-corrected chi connectivity index (χ0v) is 15.6. The molecule has 2 heterocycles. The quantitative estimate of drug-likeness (QED) is 0.491. The number of hydrogen-bond acceptors (Lipinski definition) is 6. The first-order valence-electron chi connectivity index (χ1n) is 9.09. The average molecular weight is 415 g/mol. The van der Waals surface area contributed by atoms with Gasteiger partial charge in [0.15, 0.2) is 0 Å². The molecule has 1 aliphatic rings. The summed E-state index contributed by atoms with van der Waals surface area (Å²) in [6.07, 6.45) is -2.83. The highest BCUT2D eigenvalue weighted by molar-refractivity contribution is 5.75. The molecule has 1 N–H and O–H groups in total. The Labute approximate surface area is 169 Å². The molecule has 0 fully saturated rings. The van der Waals surface area contributed by atoms with Gasteiger partial charge in [0.1, 0.15) is 6.33 Å². The molecule has 0 saturated carbocycles. The molecular formula is C20H16F3N5O2. The van der Waals surface area contributed by atoms with Crippen LogP contribution in [0, 0.1) is 10.1 Å². The highest BCUT2D eigenvalue weighted by atomic mass is 19.4. The normalized spacial score (nSPS) is 13.6. The van der Waals surface area contributed by atoms with Crippen LogP contribution in [-0.2, 0) is 19.1 Å². The van der Waals surface area contributed by atoms with Crippen LogP contribution in [0.15, 0.2) is 54.9 Å². The number of halogens is 3. The van der Waals surface area contributed by atoms with E-state index >= 15 is 0 Å². The predicted octanol–water partition coefficient (Wildman–Crippen LogP) is 4.71. The lowest BCUT2D eigenvalue weighted by molar-refractivity contribution is -0.383. The largest absolute Gasteiger partial charge is 0.418 e. The number of hydrogen-bond donors (Lipinski definition) is 1. The Morgan fingerprint density at radius 2 is 1.73 bits per heavy atom. The van der Waals surface area contributed by atoms with Crippen molar-refractivity contribution in [3.8, 4) is 0 Å². The van der Waals surface area contributed by atoms with Gasteiger partial charge < -0.3 is 10.2 Å². The molecule has 0 aliphatic carbocycles. The zero-order chi connectivity index (χ0) is 21.3. The molecule has 0 bridgehead atoms. The SMILES string of the molecule is O=[N+]([O-])c1c(Nc2ccccc2C(F)(F)F)ncnc1N1CCc2ccccc2C1. The molecule has 1 aliphatic heterocycles. The van der Waals surface area contributed by atoms with E-state index in [2.05, 4.69) is 15.3 Å². The maximum absolute atomic E-state index is 13.3. The smallest absolute Gasteiger partial charge is 0.346 e. The van der Waals surface area contributed by atoms with Crippen molar-refractivity contribution in [2.45, 2.75) is 19.1 Å². The number of nitro groups is 1. The number of aromatic nitrogens is 2. The lowest BCUT2D eigenvalue weighted by Crippen LogP contribution is -2.31. The Bertz CT molecular complexity index is 1100. The predicted molar refractivity (Wildman–Crippen MR) is 105 cm³/mol. The molecule has 0 unspecified atom stereocenters. The molecule has 2 aromatic carbocycles. The van der Waals surface area contributed by atoms with Gasteiger partial charge in [0.25, 0.3) is 0 Å². The third kappa shape index (κ3) is 3.76. The van der Waals surface area contributed by atoms with Crippen LogP contribution in [0.5, 0.6) is 0 Å². The highest BCUT2D eigenvalue weighted by Gasteiger charge is 2.35. The average Bonchev–Trinajstić information content (AvgIpc) is 2.72. The summed E-state index contributed by atoms with van der Waals surface area (Å²) in [6.45, 7) is 0.903. The van der Waals surface area contributed by atoms with Crippen molar-refractivity contribution in [3.63, 3.8) is 0 Å². The molecule has 154 valence electrons. The second-order valence-electron chi connectivity index (χ2n) is 6.76. The zero-order valence-electron chi connectivity index (χ0n) is 15.6. The van der Waals surface area contributed by atoms with E-state index in [1.54, 1.807) is 4.90 Å². The van der Waals surface area contributed by atoms with E-state index in [1.165, 1.54) is 18.2 Å². The first-order chi connectivity index (χ1) is 14.3. The van der Waals surface area contributed by atoms with Crippen LogP contribution in [0.3, 0.4) is 0 Å². The van der Waals surface area contributed by atoms with Gasteiger partial charge in [0.2, 0.25) is 11.6 Å². The van der Waals surface area contributed by atoms with Crippen LogP contribution in [0.1, 0.15) is 16.7 Å². The van der Waals surface area contributed by atoms with Crippen molar-refractivity contribution >= 4 is 23.0 Å². The molecule has 0 amide bonds. The maximum Gasteiger partial charge on any atom is 0.418 e. The van der Waals surface area contributed by atoms with E-state index in [0.717, 1.165) is 23.5 Å². The minimum absolute atomic E-state index is 0.0662. The van der Waals surface area contributed by atoms with Crippen LogP contribution < -0.4 is 10.2 Å². The lowest BCUT2D eigenvalue weighted by atomic mass is 10.00. The minimum Gasteiger partial charge on any atom is -0.346 e. The highest BCUT2D eigenvalue weighted by Crippen LogP contribution is 2.39. The van der Waals surface area contributed by atoms with Crippen LogP contribution in [0.25, 0.3) is 0 Å². The number of rotatable bonds is 4. The van der Waals surface area contributed by atoms with E-state index in [-0.39, 0.29) is 17.3 Å². The third-order valence-corrected chi connectivity index (χ3v) is 4.90. The van der Waals surface area contributed by atoms with Crippen LogP contribution >= 0.6 is 0 Å². The van der Waals surface area contributed by atoms with E-state index in [9.17, 15) is 23.3 Å². The summed E-state index contributed by atoms with van der Waals surface area (Å²) in [5.74, 6) is -0.225. The fourth-order valence-electron chi connectivity index (χ4n) is 3.50. The van der Waals surface area contributed by atoms with Crippen molar-refractivity contribution in [1.82, 2.24) is 9.97 Å².